The maximum atomic E-state index is 13.7. The van der Waals surface area contributed by atoms with Gasteiger partial charge in [0.05, 0.1) is 11.7 Å². The van der Waals surface area contributed by atoms with E-state index in [4.69, 9.17) is 0 Å². The van der Waals surface area contributed by atoms with Gasteiger partial charge in [0, 0.05) is 38.3 Å². The summed E-state index contributed by atoms with van der Waals surface area (Å²) >= 11 is 0. The van der Waals surface area contributed by atoms with Crippen LogP contribution < -0.4 is 0 Å². The Morgan fingerprint density at radius 2 is 1.68 bits per heavy atom. The van der Waals surface area contributed by atoms with Crippen LogP contribution in [0.2, 0.25) is 0 Å². The number of para-hydroxylation sites is 1. The molecule has 0 aromatic heterocycles. The summed E-state index contributed by atoms with van der Waals surface area (Å²) in [5.74, 6) is -0.638. The molecule has 1 unspecified atom stereocenters. The monoisotopic (exact) mass is 344 g/mol. The van der Waals surface area contributed by atoms with E-state index in [1.165, 1.54) is 12.1 Å². The molecule has 3 rings (SSSR count). The molecule has 2 aromatic rings. The molecule has 1 heterocycles. The van der Waals surface area contributed by atoms with Crippen molar-refractivity contribution in [2.24, 2.45) is 0 Å². The fraction of sp³-hybridized carbons (Fsp3) is 0.316. The highest BCUT2D eigenvalue weighted by molar-refractivity contribution is 5.96. The summed E-state index contributed by atoms with van der Waals surface area (Å²) in [5, 5.41) is 20.1. The van der Waals surface area contributed by atoms with Crippen LogP contribution in [0.5, 0.6) is 5.75 Å². The van der Waals surface area contributed by atoms with E-state index in [0.29, 0.717) is 38.3 Å². The predicted octanol–water partition coefficient (Wildman–Crippen LogP) is 2.02. The molecule has 0 bridgehead atoms. The minimum atomic E-state index is -0.901. The Morgan fingerprint density at radius 3 is 2.36 bits per heavy atom. The summed E-state index contributed by atoms with van der Waals surface area (Å²) in [5.41, 5.74) is 0.581. The molecule has 1 aliphatic heterocycles. The zero-order chi connectivity index (χ0) is 17.8. The lowest BCUT2D eigenvalue weighted by molar-refractivity contribution is 0.0520. The van der Waals surface area contributed by atoms with E-state index in [1.807, 2.05) is 4.90 Å². The van der Waals surface area contributed by atoms with Crippen molar-refractivity contribution in [3.05, 3.63) is 65.5 Å². The number of phenolic OH excluding ortho intramolecular Hbond substituents is 1. The highest BCUT2D eigenvalue weighted by Crippen LogP contribution is 2.21. The number of aromatic hydroxyl groups is 1. The second-order valence-electron chi connectivity index (χ2n) is 6.15. The highest BCUT2D eigenvalue weighted by Gasteiger charge is 2.25. The van der Waals surface area contributed by atoms with Crippen LogP contribution >= 0.6 is 0 Å². The fourth-order valence-electron chi connectivity index (χ4n) is 3.05. The van der Waals surface area contributed by atoms with Crippen LogP contribution in [-0.4, -0.2) is 58.6 Å². The number of aliphatic hydroxyl groups excluding tert-OH is 1. The first-order chi connectivity index (χ1) is 12.1. The molecule has 0 saturated carbocycles. The molecule has 2 N–H and O–H groups in total. The normalized spacial score (nSPS) is 16.6. The molecular formula is C19H21FN2O3. The first-order valence-corrected chi connectivity index (χ1v) is 8.28. The van der Waals surface area contributed by atoms with Crippen LogP contribution in [0.4, 0.5) is 4.39 Å². The van der Waals surface area contributed by atoms with Crippen LogP contribution in [0, 0.1) is 5.82 Å². The second-order valence-corrected chi connectivity index (χ2v) is 6.15. The lowest BCUT2D eigenvalue weighted by Crippen LogP contribution is -2.49. The molecule has 0 aliphatic carbocycles. The van der Waals surface area contributed by atoms with Gasteiger partial charge in [0.2, 0.25) is 0 Å². The maximum Gasteiger partial charge on any atom is 0.257 e. The average molecular weight is 344 g/mol. The number of hydrogen-bond donors (Lipinski definition) is 2. The van der Waals surface area contributed by atoms with Crippen LogP contribution in [-0.2, 0) is 0 Å². The van der Waals surface area contributed by atoms with Gasteiger partial charge in [-0.3, -0.25) is 9.69 Å². The van der Waals surface area contributed by atoms with E-state index in [2.05, 4.69) is 0 Å². The number of benzene rings is 2. The topological polar surface area (TPSA) is 64.0 Å². The molecule has 1 atom stereocenters. The number of aliphatic hydroxyl groups is 1. The Hall–Kier alpha value is -2.44. The van der Waals surface area contributed by atoms with Crippen molar-refractivity contribution >= 4 is 5.91 Å². The van der Waals surface area contributed by atoms with Crippen molar-refractivity contribution < 1.29 is 19.4 Å². The summed E-state index contributed by atoms with van der Waals surface area (Å²) in [6.45, 7) is 2.49. The molecule has 2 aromatic carbocycles. The van der Waals surface area contributed by atoms with Crippen molar-refractivity contribution in [2.45, 2.75) is 6.10 Å². The Bertz CT molecular complexity index is 745. The summed E-state index contributed by atoms with van der Waals surface area (Å²) in [7, 11) is 0. The number of rotatable bonds is 4. The van der Waals surface area contributed by atoms with E-state index in [0.717, 1.165) is 0 Å². The zero-order valence-corrected chi connectivity index (χ0v) is 13.8. The summed E-state index contributed by atoms with van der Waals surface area (Å²) < 4.78 is 13.7. The second kappa shape index (κ2) is 7.63. The smallest absolute Gasteiger partial charge is 0.257 e. The number of phenols is 1. The average Bonchev–Trinajstić information content (AvgIpc) is 2.62. The number of piperazine rings is 1. The molecule has 1 fully saturated rings. The zero-order valence-electron chi connectivity index (χ0n) is 13.8. The Balaban J connectivity index is 1.56. The van der Waals surface area contributed by atoms with E-state index in [1.54, 1.807) is 41.3 Å². The summed E-state index contributed by atoms with van der Waals surface area (Å²) in [6.07, 6.45) is -0.901. The molecule has 1 saturated heterocycles. The van der Waals surface area contributed by atoms with Crippen LogP contribution in [0.1, 0.15) is 22.0 Å². The summed E-state index contributed by atoms with van der Waals surface area (Å²) in [6, 6.07) is 12.7. The van der Waals surface area contributed by atoms with Crippen molar-refractivity contribution in [3.8, 4) is 5.75 Å². The number of carbonyl (C=O) groups excluding carboxylic acids is 1. The third kappa shape index (κ3) is 3.97. The van der Waals surface area contributed by atoms with E-state index in [-0.39, 0.29) is 17.2 Å². The highest BCUT2D eigenvalue weighted by atomic mass is 19.1. The number of hydrogen-bond acceptors (Lipinski definition) is 4. The van der Waals surface area contributed by atoms with E-state index in [9.17, 15) is 19.4 Å². The Morgan fingerprint density at radius 1 is 1.04 bits per heavy atom. The number of nitrogens with zero attached hydrogens (tertiary/aromatic N) is 2. The lowest BCUT2D eigenvalue weighted by atomic mass is 10.1. The molecule has 5 nitrogen and oxygen atoms in total. The number of amides is 1. The predicted molar refractivity (Wildman–Crippen MR) is 91.8 cm³/mol. The molecule has 6 heteroatoms. The van der Waals surface area contributed by atoms with Gasteiger partial charge in [0.15, 0.2) is 0 Å². The van der Waals surface area contributed by atoms with Gasteiger partial charge >= 0.3 is 0 Å². The fourth-order valence-corrected chi connectivity index (χ4v) is 3.05. The molecule has 132 valence electrons. The molecular weight excluding hydrogens is 323 g/mol. The van der Waals surface area contributed by atoms with E-state index >= 15 is 0 Å². The van der Waals surface area contributed by atoms with Gasteiger partial charge in [-0.1, -0.05) is 30.3 Å². The van der Waals surface area contributed by atoms with Crippen LogP contribution in [0.25, 0.3) is 0 Å². The quantitative estimate of drug-likeness (QED) is 0.891. The van der Waals surface area contributed by atoms with Crippen molar-refractivity contribution in [2.75, 3.05) is 32.7 Å². The molecule has 25 heavy (non-hydrogen) atoms. The Labute approximate surface area is 145 Å². The number of carbonyl (C=O) groups is 1. The van der Waals surface area contributed by atoms with Gasteiger partial charge in [0.25, 0.3) is 5.91 Å². The van der Waals surface area contributed by atoms with Gasteiger partial charge in [0.1, 0.15) is 11.6 Å². The Kier molecular flexibility index (Phi) is 5.31. The summed E-state index contributed by atoms with van der Waals surface area (Å²) in [4.78, 5) is 16.2. The van der Waals surface area contributed by atoms with Gasteiger partial charge in [-0.15, -0.1) is 0 Å². The van der Waals surface area contributed by atoms with Gasteiger partial charge in [-0.2, -0.15) is 0 Å². The SMILES string of the molecule is O=C(c1ccccc1O)N1CCN(CC(O)c2ccccc2F)CC1. The number of halogens is 1. The van der Waals surface area contributed by atoms with Gasteiger partial charge < -0.3 is 15.1 Å². The minimum absolute atomic E-state index is 0.0232. The number of β-amino-alcohol motifs (C(OH)–C–C–N with tert-alkyl or cyclic N) is 1. The first kappa shape index (κ1) is 17.4. The molecule has 1 aliphatic rings. The molecule has 1 amide bonds. The largest absolute Gasteiger partial charge is 0.507 e. The van der Waals surface area contributed by atoms with E-state index < -0.39 is 11.9 Å². The standard InChI is InChI=1S/C19H21FN2O3/c20-16-7-3-1-5-14(16)18(24)13-21-9-11-22(12-10-21)19(25)15-6-2-4-8-17(15)23/h1-8,18,23-24H,9-13H2. The first-order valence-electron chi connectivity index (χ1n) is 8.28. The van der Waals surface area contributed by atoms with Crippen molar-refractivity contribution in [1.29, 1.82) is 0 Å². The van der Waals surface area contributed by atoms with Crippen molar-refractivity contribution in [1.82, 2.24) is 9.80 Å². The van der Waals surface area contributed by atoms with Crippen molar-refractivity contribution in [3.63, 3.8) is 0 Å². The minimum Gasteiger partial charge on any atom is -0.507 e. The third-order valence-corrected chi connectivity index (χ3v) is 4.49. The lowest BCUT2D eigenvalue weighted by Gasteiger charge is -2.35. The van der Waals surface area contributed by atoms with Crippen LogP contribution in [0.3, 0.4) is 0 Å². The van der Waals surface area contributed by atoms with Gasteiger partial charge in [-0.05, 0) is 18.2 Å². The third-order valence-electron chi connectivity index (χ3n) is 4.49. The van der Waals surface area contributed by atoms with Crippen LogP contribution in [0.15, 0.2) is 48.5 Å². The van der Waals surface area contributed by atoms with Gasteiger partial charge in [-0.25, -0.2) is 4.39 Å². The molecule has 0 spiro atoms. The molecule has 0 radical (unpaired) electrons. The maximum absolute atomic E-state index is 13.7.